The Morgan fingerprint density at radius 1 is 1.00 bits per heavy atom. The Bertz CT molecular complexity index is 92.6. The fourth-order valence-corrected chi connectivity index (χ4v) is 0.0816. The molecule has 0 aromatic rings. The fourth-order valence-electron chi connectivity index (χ4n) is 0.0816. The molecular weight excluding hydrogens is 120 g/mol. The molecule has 0 aromatic carbocycles. The van der Waals surface area contributed by atoms with E-state index in [-0.39, 0.29) is 0 Å². The molecule has 0 amide bonds. The number of hydrogen-bond donors (Lipinski definition) is 2. The molecule has 0 unspecified atom stereocenters. The van der Waals surface area contributed by atoms with Crippen LogP contribution < -0.4 is 11.1 Å². The lowest BCUT2D eigenvalue weighted by Gasteiger charge is -1.87. The minimum Gasteiger partial charge on any atom is -0.233 e. The molecule has 2 N–H and O–H groups in total. The third-order valence-electron chi connectivity index (χ3n) is 0.233. The van der Waals surface area contributed by atoms with Gasteiger partial charge in [-0.15, -0.1) is 0 Å². The summed E-state index contributed by atoms with van der Waals surface area (Å²) in [6.45, 7) is 0. The van der Waals surface area contributed by atoms with Gasteiger partial charge in [0.1, 0.15) is 0 Å². The molecule has 0 aliphatic carbocycles. The molecule has 8 heavy (non-hydrogen) atoms. The van der Waals surface area contributed by atoms with Crippen molar-refractivity contribution in [3.63, 3.8) is 0 Å². The minimum atomic E-state index is -1.08. The molecule has 0 saturated heterocycles. The number of nitrogens with zero attached hydrogens (tertiary/aromatic N) is 2. The first-order valence-corrected chi connectivity index (χ1v) is 1.43. The van der Waals surface area contributed by atoms with Crippen molar-refractivity contribution in [3.8, 4) is 0 Å². The summed E-state index contributed by atoms with van der Waals surface area (Å²) in [5.41, 5.74) is 2.24. The third-order valence-corrected chi connectivity index (χ3v) is 0.233. The first kappa shape index (κ1) is 6.40. The van der Waals surface area contributed by atoms with E-state index in [1.165, 1.54) is 0 Å². The van der Waals surface area contributed by atoms with Crippen LogP contribution in [0.15, 0.2) is 0 Å². The molecule has 0 radical (unpaired) electrons. The van der Waals surface area contributed by atoms with Crippen molar-refractivity contribution in [3.05, 3.63) is 20.2 Å². The highest BCUT2D eigenvalue weighted by Gasteiger charge is 1.95. The number of nitrogens with one attached hydrogen (secondary N) is 2. The lowest BCUT2D eigenvalue weighted by atomic mass is 12.3. The molecule has 0 bridgehead atoms. The van der Waals surface area contributed by atoms with Crippen LogP contribution in [0.5, 0.6) is 0 Å². The molecule has 46 valence electrons. The summed E-state index contributed by atoms with van der Waals surface area (Å²) in [5.74, 6) is 0. The van der Waals surface area contributed by atoms with Gasteiger partial charge < -0.3 is 0 Å². The summed E-state index contributed by atoms with van der Waals surface area (Å²) in [6.07, 6.45) is 0. The molecule has 0 rings (SSSR count). The van der Waals surface area contributed by atoms with Gasteiger partial charge in [-0.1, -0.05) is 0 Å². The summed E-state index contributed by atoms with van der Waals surface area (Å²) in [7, 11) is 0. The molecule has 0 fully saturated rings. The number of nitro groups is 2. The number of rotatable bonds is 3. The monoisotopic (exact) mass is 122 g/mol. The second kappa shape index (κ2) is 2.55. The quantitative estimate of drug-likeness (QED) is 0.346. The zero-order chi connectivity index (χ0) is 6.57. The summed E-state index contributed by atoms with van der Waals surface area (Å²) in [5, 5.41) is 16.3. The molecule has 0 atom stereocenters. The van der Waals surface area contributed by atoms with E-state index in [4.69, 9.17) is 0 Å². The van der Waals surface area contributed by atoms with Gasteiger partial charge in [0, 0.05) is 11.1 Å². The van der Waals surface area contributed by atoms with Crippen LogP contribution in [-0.2, 0) is 0 Å². The summed E-state index contributed by atoms with van der Waals surface area (Å²) in [4.78, 5) is 18.5. The van der Waals surface area contributed by atoms with Gasteiger partial charge in [0.25, 0.3) is 0 Å². The Labute approximate surface area is 42.7 Å². The number of hydrogen-bond acceptors (Lipinski definition) is 4. The van der Waals surface area contributed by atoms with E-state index >= 15 is 0 Å². The largest absolute Gasteiger partial charge is 0.233 e. The minimum absolute atomic E-state index is 1.08. The van der Waals surface area contributed by atoms with Gasteiger partial charge in [-0.3, -0.25) is 0 Å². The highest BCUT2D eigenvalue weighted by molar-refractivity contribution is 3.98. The van der Waals surface area contributed by atoms with Crippen LogP contribution in [0.4, 0.5) is 0 Å². The maximum Gasteiger partial charge on any atom is 0.183 e. The van der Waals surface area contributed by atoms with E-state index in [0.29, 0.717) is 0 Å². The van der Waals surface area contributed by atoms with Gasteiger partial charge in [0.2, 0.25) is 0 Å². The molecule has 0 aliphatic heterocycles. The van der Waals surface area contributed by atoms with Crippen LogP contribution in [0.3, 0.4) is 0 Å². The highest BCUT2D eigenvalue weighted by Crippen LogP contribution is 1.51. The lowest BCUT2D eigenvalue weighted by molar-refractivity contribution is -0.658. The van der Waals surface area contributed by atoms with Gasteiger partial charge in [0.15, 0.2) is 10.1 Å². The second-order valence-electron chi connectivity index (χ2n) is 0.738. The maximum absolute atomic E-state index is 9.23. The van der Waals surface area contributed by atoms with E-state index in [1.54, 1.807) is 0 Å². The molecular formula is H2N4O4. The normalized spacial score (nSPS) is 7.50. The van der Waals surface area contributed by atoms with Crippen LogP contribution in [-0.4, -0.2) is 10.1 Å². The zero-order valence-corrected chi connectivity index (χ0v) is 3.53. The lowest BCUT2D eigenvalue weighted by Crippen LogP contribution is -2.40. The van der Waals surface area contributed by atoms with Crippen molar-refractivity contribution in [1.82, 2.24) is 11.1 Å². The van der Waals surface area contributed by atoms with Crippen LogP contribution in [0.1, 0.15) is 0 Å². The predicted octanol–water partition coefficient (Wildman–Crippen LogP) is -1.54. The maximum atomic E-state index is 9.23. The van der Waals surface area contributed by atoms with Crippen molar-refractivity contribution in [1.29, 1.82) is 0 Å². The number of hydrazine groups is 3. The molecule has 8 heteroatoms. The van der Waals surface area contributed by atoms with E-state index in [9.17, 15) is 20.2 Å². The predicted molar refractivity (Wildman–Crippen MR) is 20.3 cm³/mol. The molecule has 0 spiro atoms. The first-order chi connectivity index (χ1) is 3.63. The Morgan fingerprint density at radius 2 is 1.25 bits per heavy atom. The van der Waals surface area contributed by atoms with Crippen molar-refractivity contribution in [2.45, 2.75) is 0 Å². The van der Waals surface area contributed by atoms with E-state index in [2.05, 4.69) is 0 Å². The average Bonchev–Trinajstić information content (AvgIpc) is 1.61. The van der Waals surface area contributed by atoms with E-state index in [1.807, 2.05) is 0 Å². The third kappa shape index (κ3) is 4.40. The van der Waals surface area contributed by atoms with Gasteiger partial charge in [-0.25, -0.2) is 20.2 Å². The Balaban J connectivity index is 3.18. The molecule has 0 heterocycles. The highest BCUT2D eigenvalue weighted by atomic mass is 16.7. The second-order valence-corrected chi connectivity index (χ2v) is 0.738. The Hall–Kier alpha value is -1.60. The van der Waals surface area contributed by atoms with Crippen molar-refractivity contribution >= 4 is 0 Å². The molecule has 8 nitrogen and oxygen atoms in total. The molecule has 0 aliphatic rings. The van der Waals surface area contributed by atoms with Gasteiger partial charge in [-0.2, -0.15) is 0 Å². The SMILES string of the molecule is O=[N+]([O-])NN[N+](=O)[O-]. The molecule has 0 saturated carbocycles. The van der Waals surface area contributed by atoms with E-state index in [0.717, 1.165) is 11.1 Å². The van der Waals surface area contributed by atoms with Crippen LogP contribution in [0.2, 0.25) is 0 Å². The molecule has 0 aromatic heterocycles. The standard InChI is InChI=1S/H2N4O4/c5-3(6)1-2-4(7)8/h1-2H. The van der Waals surface area contributed by atoms with Crippen LogP contribution >= 0.6 is 0 Å². The van der Waals surface area contributed by atoms with Gasteiger partial charge >= 0.3 is 0 Å². The summed E-state index contributed by atoms with van der Waals surface area (Å²) in [6, 6.07) is 0. The summed E-state index contributed by atoms with van der Waals surface area (Å²) >= 11 is 0. The van der Waals surface area contributed by atoms with Crippen molar-refractivity contribution in [2.24, 2.45) is 0 Å². The fraction of sp³-hybridized carbons (Fsp3) is 0. The first-order valence-electron chi connectivity index (χ1n) is 1.43. The Morgan fingerprint density at radius 3 is 1.38 bits per heavy atom. The van der Waals surface area contributed by atoms with Crippen molar-refractivity contribution in [2.75, 3.05) is 0 Å². The van der Waals surface area contributed by atoms with E-state index < -0.39 is 10.1 Å². The van der Waals surface area contributed by atoms with Crippen LogP contribution in [0, 0.1) is 20.2 Å². The smallest absolute Gasteiger partial charge is 0.183 e. The summed E-state index contributed by atoms with van der Waals surface area (Å²) < 4.78 is 0. The van der Waals surface area contributed by atoms with Crippen LogP contribution in [0.25, 0.3) is 0 Å². The topological polar surface area (TPSA) is 110 Å². The van der Waals surface area contributed by atoms with Crippen molar-refractivity contribution < 1.29 is 10.1 Å². The van der Waals surface area contributed by atoms with Gasteiger partial charge in [0.05, 0.1) is 0 Å². The Kier molecular flexibility index (Phi) is 2.04. The zero-order valence-electron chi connectivity index (χ0n) is 3.53. The average molecular weight is 122 g/mol. The van der Waals surface area contributed by atoms with Gasteiger partial charge in [-0.05, 0) is 0 Å².